The Morgan fingerprint density at radius 2 is 1.78 bits per heavy atom. The van der Waals surface area contributed by atoms with E-state index in [2.05, 4.69) is 37.7 Å². The lowest BCUT2D eigenvalue weighted by atomic mass is 10.1. The van der Waals surface area contributed by atoms with E-state index in [-0.39, 0.29) is 48.8 Å². The first kappa shape index (κ1) is 24.9. The zero-order chi connectivity index (χ0) is 23.5. The molecule has 2 rings (SSSR count). The fraction of sp³-hybridized carbons (Fsp3) is 0.348. The van der Waals surface area contributed by atoms with E-state index in [0.717, 1.165) is 0 Å². The normalized spacial score (nSPS) is 17.1. The van der Waals surface area contributed by atoms with Gasteiger partial charge in [-0.15, -0.1) is 0 Å². The van der Waals surface area contributed by atoms with E-state index in [1.165, 1.54) is 23.1 Å². The summed E-state index contributed by atoms with van der Waals surface area (Å²) in [7, 11) is 0. The first-order chi connectivity index (χ1) is 15.4. The minimum atomic E-state index is -0.484. The monoisotopic (exact) mass is 457 g/mol. The first-order valence-corrected chi connectivity index (χ1v) is 10.5. The molecule has 0 bridgehead atoms. The molecule has 2 amide bonds. The molecule has 1 aliphatic rings. The van der Waals surface area contributed by atoms with Gasteiger partial charge < -0.3 is 24.4 Å². The van der Waals surface area contributed by atoms with Crippen LogP contribution in [0.2, 0.25) is 0 Å². The lowest BCUT2D eigenvalue weighted by molar-refractivity contribution is 0.0911. The smallest absolute Gasteiger partial charge is 0.410 e. The minimum absolute atomic E-state index is 0.0250. The fourth-order valence-electron chi connectivity index (χ4n) is 3.19. The Morgan fingerprint density at radius 1 is 1.16 bits per heavy atom. The molecule has 1 aromatic carbocycles. The van der Waals surface area contributed by atoms with Crippen molar-refractivity contribution < 1.29 is 23.8 Å². The van der Waals surface area contributed by atoms with Gasteiger partial charge in [0.2, 0.25) is 0 Å². The summed E-state index contributed by atoms with van der Waals surface area (Å²) in [5.74, 6) is 0.161. The Kier molecular flexibility index (Phi) is 9.70. The number of thiol groups is 1. The van der Waals surface area contributed by atoms with Crippen LogP contribution in [-0.4, -0.2) is 61.1 Å². The minimum Gasteiger partial charge on any atom is -0.486 e. The van der Waals surface area contributed by atoms with E-state index >= 15 is 0 Å². The maximum atomic E-state index is 12.9. The van der Waals surface area contributed by atoms with Gasteiger partial charge in [-0.05, 0) is 12.5 Å². The summed E-state index contributed by atoms with van der Waals surface area (Å²) in [6, 6.07) is 4.65. The van der Waals surface area contributed by atoms with E-state index in [0.29, 0.717) is 24.5 Å². The second kappa shape index (κ2) is 12.5. The first-order valence-electron chi connectivity index (χ1n) is 10.0. The molecular weight excluding hydrogens is 430 g/mol. The van der Waals surface area contributed by atoms with Gasteiger partial charge in [-0.2, -0.15) is 17.9 Å². The van der Waals surface area contributed by atoms with Crippen LogP contribution in [0, 0.1) is 11.3 Å². The summed E-state index contributed by atoms with van der Waals surface area (Å²) in [5.41, 5.74) is 0.270. The van der Waals surface area contributed by atoms with Crippen LogP contribution in [0.1, 0.15) is 22.3 Å². The molecule has 1 N–H and O–H groups in total. The molecule has 8 nitrogen and oxygen atoms in total. The van der Waals surface area contributed by atoms with Gasteiger partial charge in [-0.1, -0.05) is 38.0 Å². The quantitative estimate of drug-likeness (QED) is 0.391. The van der Waals surface area contributed by atoms with Gasteiger partial charge in [0.25, 0.3) is 5.91 Å². The van der Waals surface area contributed by atoms with Gasteiger partial charge in [0.15, 0.2) is 11.5 Å². The van der Waals surface area contributed by atoms with Crippen LogP contribution in [0.5, 0.6) is 11.5 Å². The molecule has 0 radical (unpaired) electrons. The molecule has 1 saturated heterocycles. The number of nitriles is 1. The molecule has 1 fully saturated rings. The zero-order valence-corrected chi connectivity index (χ0v) is 18.7. The van der Waals surface area contributed by atoms with E-state index in [1.54, 1.807) is 12.2 Å². The molecule has 0 aliphatic carbocycles. The summed E-state index contributed by atoms with van der Waals surface area (Å²) in [6.07, 6.45) is 4.72. The third-order valence-electron chi connectivity index (χ3n) is 4.61. The van der Waals surface area contributed by atoms with Crippen molar-refractivity contribution in [2.45, 2.75) is 17.7 Å². The maximum absolute atomic E-state index is 12.9. The number of benzene rings is 1. The highest BCUT2D eigenvalue weighted by Crippen LogP contribution is 2.31. The van der Waals surface area contributed by atoms with Crippen LogP contribution >= 0.6 is 12.6 Å². The molecule has 0 aromatic heterocycles. The highest BCUT2D eigenvalue weighted by atomic mass is 32.1. The fourth-order valence-corrected chi connectivity index (χ4v) is 3.61. The van der Waals surface area contributed by atoms with E-state index in [4.69, 9.17) is 14.2 Å². The molecule has 0 saturated carbocycles. The molecule has 1 aliphatic heterocycles. The van der Waals surface area contributed by atoms with Gasteiger partial charge >= 0.3 is 6.09 Å². The van der Waals surface area contributed by atoms with Crippen molar-refractivity contribution in [2.75, 3.05) is 32.9 Å². The number of carbonyl (C=O) groups excluding carboxylic acids is 2. The number of hydrogen-bond donors (Lipinski definition) is 2. The number of likely N-dealkylation sites (tertiary alicyclic amines) is 1. The molecule has 32 heavy (non-hydrogen) atoms. The average Bonchev–Trinajstić information content (AvgIpc) is 3.18. The number of hydrogen-bond acceptors (Lipinski definition) is 7. The SMILES string of the molecule is C=CCOC(=O)N1CC(S)CC1CNC(=O)c1cc(OCC=C)c(OCC=C)cc1C#N. The topological polar surface area (TPSA) is 101 Å². The average molecular weight is 458 g/mol. The number of nitrogens with one attached hydrogen (secondary N) is 1. The van der Waals surface area contributed by atoms with Crippen molar-refractivity contribution in [1.29, 1.82) is 5.26 Å². The van der Waals surface area contributed by atoms with Gasteiger partial charge in [-0.25, -0.2) is 4.79 Å². The molecular formula is C23H27N3O5S. The lowest BCUT2D eigenvalue weighted by Crippen LogP contribution is -2.43. The molecule has 9 heteroatoms. The Labute approximate surface area is 193 Å². The molecule has 2 unspecified atom stereocenters. The predicted molar refractivity (Wildman–Crippen MR) is 124 cm³/mol. The third kappa shape index (κ3) is 6.56. The highest BCUT2D eigenvalue weighted by Gasteiger charge is 2.35. The van der Waals surface area contributed by atoms with E-state index in [1.807, 2.05) is 6.07 Å². The molecule has 170 valence electrons. The Balaban J connectivity index is 2.17. The predicted octanol–water partition coefficient (Wildman–Crippen LogP) is 3.11. The van der Waals surface area contributed by atoms with Crippen LogP contribution in [0.3, 0.4) is 0 Å². The number of amides is 2. The van der Waals surface area contributed by atoms with Crippen molar-refractivity contribution in [3.63, 3.8) is 0 Å². The number of ether oxygens (including phenoxy) is 3. The maximum Gasteiger partial charge on any atom is 0.410 e. The van der Waals surface area contributed by atoms with Crippen molar-refractivity contribution in [1.82, 2.24) is 10.2 Å². The summed E-state index contributed by atoms with van der Waals surface area (Å²) < 4.78 is 16.3. The van der Waals surface area contributed by atoms with Gasteiger partial charge in [0, 0.05) is 24.4 Å². The van der Waals surface area contributed by atoms with Gasteiger partial charge in [0.1, 0.15) is 25.9 Å². The number of rotatable bonds is 11. The highest BCUT2D eigenvalue weighted by molar-refractivity contribution is 7.81. The molecule has 0 spiro atoms. The van der Waals surface area contributed by atoms with Crippen LogP contribution in [0.4, 0.5) is 4.79 Å². The summed E-state index contributed by atoms with van der Waals surface area (Å²) in [6.45, 7) is 11.8. The number of nitrogens with zero attached hydrogens (tertiary/aromatic N) is 2. The molecule has 2 atom stereocenters. The zero-order valence-electron chi connectivity index (χ0n) is 17.8. The summed E-state index contributed by atoms with van der Waals surface area (Å²) in [5, 5.41) is 12.3. The number of carbonyl (C=O) groups is 2. The van der Waals surface area contributed by atoms with Crippen molar-refractivity contribution >= 4 is 24.6 Å². The summed E-state index contributed by atoms with van der Waals surface area (Å²) in [4.78, 5) is 26.7. The van der Waals surface area contributed by atoms with Crippen molar-refractivity contribution in [3.8, 4) is 17.6 Å². The van der Waals surface area contributed by atoms with E-state index in [9.17, 15) is 14.9 Å². The van der Waals surface area contributed by atoms with Gasteiger partial charge in [0.05, 0.1) is 17.2 Å². The van der Waals surface area contributed by atoms with Crippen LogP contribution < -0.4 is 14.8 Å². The van der Waals surface area contributed by atoms with Crippen LogP contribution in [0.15, 0.2) is 50.1 Å². The van der Waals surface area contributed by atoms with Crippen LogP contribution in [-0.2, 0) is 4.74 Å². The standard InChI is InChI=1S/C23H27N3O5S/c1-4-7-29-20-10-16(13-24)19(12-21(20)30-8-5-2)22(27)25-14-17-11-18(32)15-26(17)23(28)31-9-6-3/h4-6,10,12,17-18,32H,1-3,7-9,11,14-15H2,(H,25,27). The second-order valence-corrected chi connectivity index (χ2v) is 7.66. The van der Waals surface area contributed by atoms with Crippen molar-refractivity contribution in [3.05, 3.63) is 61.2 Å². The Hall–Kier alpha value is -3.38. The third-order valence-corrected chi connectivity index (χ3v) is 4.99. The largest absolute Gasteiger partial charge is 0.486 e. The van der Waals surface area contributed by atoms with E-state index < -0.39 is 12.0 Å². The molecule has 1 aromatic rings. The Morgan fingerprint density at radius 3 is 2.38 bits per heavy atom. The summed E-state index contributed by atoms with van der Waals surface area (Å²) >= 11 is 4.46. The second-order valence-electron chi connectivity index (χ2n) is 6.93. The lowest BCUT2D eigenvalue weighted by Gasteiger charge is -2.24. The van der Waals surface area contributed by atoms with Gasteiger partial charge in [-0.3, -0.25) is 4.79 Å². The molecule has 1 heterocycles. The Bertz CT molecular complexity index is 912. The van der Waals surface area contributed by atoms with Crippen molar-refractivity contribution in [2.24, 2.45) is 0 Å². The van der Waals surface area contributed by atoms with Crippen LogP contribution in [0.25, 0.3) is 0 Å².